The van der Waals surface area contributed by atoms with E-state index in [0.717, 1.165) is 32.4 Å². The Morgan fingerprint density at radius 2 is 2.07 bits per heavy atom. The fourth-order valence-electron chi connectivity index (χ4n) is 4.86. The van der Waals surface area contributed by atoms with Crippen LogP contribution in [0.25, 0.3) is 0 Å². The second-order valence-electron chi connectivity index (χ2n) is 7.66. The van der Waals surface area contributed by atoms with Crippen LogP contribution in [-0.4, -0.2) is 63.2 Å². The standard InChI is InChI=1S/C17H26N6O3.ClH/c1-22-13(20-21-17(22)26)5-6-19-16(25)15-11-7-10(8-18-9-11)12-3-2-4-14(24)23(12)15;/h10-12,15,18H,2-9H2,1H3,(H,19,25)(H,21,26);1H/t10-,11+,12+,15-;/m1./s1. The zero-order valence-electron chi connectivity index (χ0n) is 15.4. The number of rotatable bonds is 4. The van der Waals surface area contributed by atoms with Crippen molar-refractivity contribution in [2.45, 2.75) is 44.2 Å². The topological polar surface area (TPSA) is 112 Å². The zero-order valence-corrected chi connectivity index (χ0v) is 16.3. The summed E-state index contributed by atoms with van der Waals surface area (Å²) in [6.45, 7) is 2.11. The number of piperidine rings is 3. The van der Waals surface area contributed by atoms with Crippen molar-refractivity contribution in [3.05, 3.63) is 16.3 Å². The highest BCUT2D eigenvalue weighted by atomic mass is 35.5. The molecule has 0 radical (unpaired) electrons. The van der Waals surface area contributed by atoms with E-state index in [1.807, 2.05) is 4.90 Å². The fourth-order valence-corrected chi connectivity index (χ4v) is 4.86. The highest BCUT2D eigenvalue weighted by Gasteiger charge is 2.50. The summed E-state index contributed by atoms with van der Waals surface area (Å²) in [7, 11) is 1.65. The predicted molar refractivity (Wildman–Crippen MR) is 101 cm³/mol. The van der Waals surface area contributed by atoms with Crippen molar-refractivity contribution < 1.29 is 9.59 Å². The number of amides is 2. The van der Waals surface area contributed by atoms with E-state index in [1.165, 1.54) is 4.57 Å². The molecule has 2 amide bonds. The van der Waals surface area contributed by atoms with Gasteiger partial charge >= 0.3 is 5.69 Å². The summed E-state index contributed by atoms with van der Waals surface area (Å²) >= 11 is 0. The summed E-state index contributed by atoms with van der Waals surface area (Å²) < 4.78 is 1.44. The molecule has 9 nitrogen and oxygen atoms in total. The minimum atomic E-state index is -0.389. The Hall–Kier alpha value is -1.87. The van der Waals surface area contributed by atoms with E-state index in [1.54, 1.807) is 7.05 Å². The molecular formula is C17H27ClN6O3. The molecule has 150 valence electrons. The fraction of sp³-hybridized carbons (Fsp3) is 0.765. The molecule has 4 rings (SSSR count). The van der Waals surface area contributed by atoms with Gasteiger partial charge in [0.1, 0.15) is 11.9 Å². The van der Waals surface area contributed by atoms with Gasteiger partial charge in [-0.05, 0) is 31.7 Å². The number of carbonyl (C=O) groups is 2. The van der Waals surface area contributed by atoms with E-state index >= 15 is 0 Å². The van der Waals surface area contributed by atoms with Crippen molar-refractivity contribution in [1.82, 2.24) is 30.3 Å². The summed E-state index contributed by atoms with van der Waals surface area (Å²) in [6.07, 6.45) is 3.93. The van der Waals surface area contributed by atoms with Gasteiger partial charge in [-0.3, -0.25) is 14.2 Å². The number of H-pyrrole nitrogens is 1. The van der Waals surface area contributed by atoms with Crippen LogP contribution in [0.1, 0.15) is 31.5 Å². The smallest absolute Gasteiger partial charge is 0.343 e. The number of aromatic nitrogens is 3. The normalized spacial score (nSPS) is 29.7. The van der Waals surface area contributed by atoms with Crippen molar-refractivity contribution in [3.63, 3.8) is 0 Å². The highest BCUT2D eigenvalue weighted by molar-refractivity contribution is 5.89. The monoisotopic (exact) mass is 398 g/mol. The van der Waals surface area contributed by atoms with Gasteiger partial charge in [0.05, 0.1) is 0 Å². The van der Waals surface area contributed by atoms with E-state index in [0.29, 0.717) is 31.1 Å². The largest absolute Gasteiger partial charge is 0.354 e. The number of aromatic amines is 1. The number of halogens is 1. The van der Waals surface area contributed by atoms with Gasteiger partial charge in [0.2, 0.25) is 11.8 Å². The Balaban J connectivity index is 0.00000210. The van der Waals surface area contributed by atoms with Gasteiger partial charge in [-0.1, -0.05) is 0 Å². The van der Waals surface area contributed by atoms with Crippen molar-refractivity contribution >= 4 is 24.2 Å². The lowest BCUT2D eigenvalue weighted by atomic mass is 9.72. The lowest BCUT2D eigenvalue weighted by Gasteiger charge is -2.53. The van der Waals surface area contributed by atoms with Gasteiger partial charge in [-0.25, -0.2) is 9.89 Å². The molecule has 3 N–H and O–H groups in total. The number of nitrogens with one attached hydrogen (secondary N) is 3. The molecular weight excluding hydrogens is 372 g/mol. The number of nitrogens with zero attached hydrogens (tertiary/aromatic N) is 3. The lowest BCUT2D eigenvalue weighted by Crippen LogP contribution is -2.68. The molecule has 0 saturated carbocycles. The van der Waals surface area contributed by atoms with Crippen LogP contribution in [0.5, 0.6) is 0 Å². The molecule has 0 spiro atoms. The third-order valence-corrected chi connectivity index (χ3v) is 6.13. The maximum Gasteiger partial charge on any atom is 0.343 e. The van der Waals surface area contributed by atoms with Crippen LogP contribution < -0.4 is 16.3 Å². The third kappa shape index (κ3) is 3.62. The Morgan fingerprint density at radius 1 is 1.30 bits per heavy atom. The molecule has 4 atom stereocenters. The molecule has 3 aliphatic heterocycles. The molecule has 0 aromatic carbocycles. The van der Waals surface area contributed by atoms with E-state index in [2.05, 4.69) is 20.8 Å². The van der Waals surface area contributed by atoms with E-state index < -0.39 is 0 Å². The van der Waals surface area contributed by atoms with E-state index in [9.17, 15) is 14.4 Å². The van der Waals surface area contributed by atoms with Gasteiger partial charge in [0, 0.05) is 44.9 Å². The summed E-state index contributed by atoms with van der Waals surface area (Å²) in [6, 6.07) is -0.205. The first-order valence-corrected chi connectivity index (χ1v) is 9.46. The lowest BCUT2D eigenvalue weighted by molar-refractivity contribution is -0.157. The van der Waals surface area contributed by atoms with Crippen LogP contribution in [0, 0.1) is 11.8 Å². The molecule has 3 aliphatic rings. The van der Waals surface area contributed by atoms with Gasteiger partial charge in [-0.2, -0.15) is 5.10 Å². The first-order chi connectivity index (χ1) is 12.6. The Bertz CT molecular complexity index is 762. The maximum absolute atomic E-state index is 12.9. The van der Waals surface area contributed by atoms with Gasteiger partial charge < -0.3 is 15.5 Å². The van der Waals surface area contributed by atoms with Crippen molar-refractivity contribution in [3.8, 4) is 0 Å². The van der Waals surface area contributed by atoms with Crippen LogP contribution in [-0.2, 0) is 23.1 Å². The second-order valence-corrected chi connectivity index (χ2v) is 7.66. The van der Waals surface area contributed by atoms with Gasteiger partial charge in [0.25, 0.3) is 0 Å². The van der Waals surface area contributed by atoms with Crippen molar-refractivity contribution in [1.29, 1.82) is 0 Å². The van der Waals surface area contributed by atoms with Crippen LogP contribution in [0.3, 0.4) is 0 Å². The molecule has 2 bridgehead atoms. The van der Waals surface area contributed by atoms with Crippen LogP contribution in [0.15, 0.2) is 4.79 Å². The summed E-state index contributed by atoms with van der Waals surface area (Å²) in [5, 5.41) is 12.8. The first-order valence-electron chi connectivity index (χ1n) is 9.46. The molecule has 0 unspecified atom stereocenters. The van der Waals surface area contributed by atoms with Crippen LogP contribution >= 0.6 is 12.4 Å². The SMILES string of the molecule is Cl.Cn1c(CCNC(=O)[C@H]2[C@@H]3CNC[C@@H](C3)[C@@H]3CCCC(=O)N32)n[nH]c1=O. The van der Waals surface area contributed by atoms with Crippen LogP contribution in [0.2, 0.25) is 0 Å². The quantitative estimate of drug-likeness (QED) is 0.613. The molecule has 1 aromatic rings. The number of carbonyl (C=O) groups excluding carboxylic acids is 2. The number of hydrogen-bond donors (Lipinski definition) is 3. The molecule has 3 fully saturated rings. The molecule has 4 heterocycles. The molecule has 10 heteroatoms. The van der Waals surface area contributed by atoms with Crippen LogP contribution in [0.4, 0.5) is 0 Å². The minimum absolute atomic E-state index is 0. The first kappa shape index (κ1) is 19.9. The molecule has 3 saturated heterocycles. The third-order valence-electron chi connectivity index (χ3n) is 6.13. The Labute approximate surface area is 163 Å². The highest BCUT2D eigenvalue weighted by Crippen LogP contribution is 2.39. The molecule has 27 heavy (non-hydrogen) atoms. The molecule has 1 aromatic heterocycles. The van der Waals surface area contributed by atoms with Crippen molar-refractivity contribution in [2.24, 2.45) is 18.9 Å². The summed E-state index contributed by atoms with van der Waals surface area (Å²) in [5.74, 6) is 1.26. The number of fused-ring (bicyclic) bond motifs is 4. The average molecular weight is 399 g/mol. The Kier molecular flexibility index (Phi) is 5.90. The van der Waals surface area contributed by atoms with Gasteiger partial charge in [-0.15, -0.1) is 12.4 Å². The summed E-state index contributed by atoms with van der Waals surface area (Å²) in [4.78, 5) is 38.8. The minimum Gasteiger partial charge on any atom is -0.354 e. The zero-order chi connectivity index (χ0) is 18.3. The van der Waals surface area contributed by atoms with Gasteiger partial charge in [0.15, 0.2) is 0 Å². The summed E-state index contributed by atoms with van der Waals surface area (Å²) in [5.41, 5.74) is -0.264. The average Bonchev–Trinajstić information content (AvgIpc) is 2.95. The van der Waals surface area contributed by atoms with E-state index in [-0.39, 0.29) is 47.9 Å². The Morgan fingerprint density at radius 3 is 2.81 bits per heavy atom. The second kappa shape index (κ2) is 8.02. The maximum atomic E-state index is 12.9. The van der Waals surface area contributed by atoms with E-state index in [4.69, 9.17) is 0 Å². The molecule has 0 aliphatic carbocycles. The number of hydrogen-bond acceptors (Lipinski definition) is 5. The predicted octanol–water partition coefficient (Wildman–Crippen LogP) is -0.822. The van der Waals surface area contributed by atoms with Crippen molar-refractivity contribution in [2.75, 3.05) is 19.6 Å².